The Morgan fingerprint density at radius 3 is 2.35 bits per heavy atom. The molecule has 1 fully saturated rings. The van der Waals surface area contributed by atoms with Crippen molar-refractivity contribution in [3.63, 3.8) is 0 Å². The normalized spacial score (nSPS) is 20.6. The number of carbonyl (C=O) groups is 1. The Morgan fingerprint density at radius 1 is 1.35 bits per heavy atom. The summed E-state index contributed by atoms with van der Waals surface area (Å²) in [5.74, 6) is -0.403. The van der Waals surface area contributed by atoms with Crippen molar-refractivity contribution in [2.45, 2.75) is 65.0 Å². The molecule has 2 heterocycles. The molecular weight excluding hydrogens is 379 g/mol. The van der Waals surface area contributed by atoms with Crippen LogP contribution in [0.25, 0.3) is 0 Å². The zero-order valence-corrected chi connectivity index (χ0v) is 17.0. The molecule has 1 aromatic rings. The molecule has 0 aromatic carbocycles. The number of thiophene rings is 1. The van der Waals surface area contributed by atoms with Gasteiger partial charge in [-0.05, 0) is 69.1 Å². The molecule has 128 valence electrons. The van der Waals surface area contributed by atoms with Gasteiger partial charge < -0.3 is 14.0 Å². The first-order chi connectivity index (χ1) is 10.6. The average Bonchev–Trinajstić information content (AvgIpc) is 2.84. The first kappa shape index (κ1) is 19.0. The van der Waals surface area contributed by atoms with Crippen LogP contribution in [0.3, 0.4) is 0 Å². The van der Waals surface area contributed by atoms with Crippen LogP contribution in [-0.4, -0.2) is 30.9 Å². The maximum atomic E-state index is 12.1. The molecule has 1 unspecified atom stereocenters. The van der Waals surface area contributed by atoms with Crippen molar-refractivity contribution >= 4 is 40.4 Å². The van der Waals surface area contributed by atoms with Crippen LogP contribution in [0.2, 0.25) is 0 Å². The Kier molecular flexibility index (Phi) is 5.66. The highest BCUT2D eigenvalue weighted by molar-refractivity contribution is 9.11. The second-order valence-electron chi connectivity index (χ2n) is 6.85. The molecular formula is C16H24BBrO4S. The molecule has 1 atom stereocenters. The molecule has 0 bridgehead atoms. The van der Waals surface area contributed by atoms with E-state index in [0.29, 0.717) is 6.61 Å². The molecule has 0 radical (unpaired) electrons. The highest BCUT2D eigenvalue weighted by Gasteiger charge is 2.54. The van der Waals surface area contributed by atoms with E-state index < -0.39 is 18.3 Å². The van der Waals surface area contributed by atoms with E-state index in [1.165, 1.54) is 0 Å². The second kappa shape index (κ2) is 6.86. The molecule has 7 heteroatoms. The molecule has 0 saturated carbocycles. The van der Waals surface area contributed by atoms with Gasteiger partial charge in [-0.3, -0.25) is 4.79 Å². The molecule has 1 aromatic heterocycles. The van der Waals surface area contributed by atoms with Crippen LogP contribution in [0.1, 0.15) is 57.3 Å². The Labute approximate surface area is 151 Å². The molecule has 0 spiro atoms. The van der Waals surface area contributed by atoms with E-state index in [9.17, 15) is 4.79 Å². The van der Waals surface area contributed by atoms with Crippen LogP contribution in [0, 0.1) is 6.92 Å². The van der Waals surface area contributed by atoms with Crippen molar-refractivity contribution in [3.8, 4) is 0 Å². The molecule has 4 nitrogen and oxygen atoms in total. The lowest BCUT2D eigenvalue weighted by atomic mass is 9.69. The molecule has 1 saturated heterocycles. The van der Waals surface area contributed by atoms with E-state index in [1.54, 1.807) is 11.3 Å². The van der Waals surface area contributed by atoms with E-state index in [2.05, 4.69) is 22.0 Å². The van der Waals surface area contributed by atoms with Crippen LogP contribution in [-0.2, 0) is 18.8 Å². The zero-order valence-electron chi connectivity index (χ0n) is 14.6. The van der Waals surface area contributed by atoms with Crippen molar-refractivity contribution in [2.75, 3.05) is 6.61 Å². The number of carbonyl (C=O) groups excluding carboxylic acids is 1. The van der Waals surface area contributed by atoms with Crippen LogP contribution in [0.4, 0.5) is 0 Å². The van der Waals surface area contributed by atoms with E-state index in [4.69, 9.17) is 14.0 Å². The number of aryl methyl sites for hydroxylation is 1. The van der Waals surface area contributed by atoms with Gasteiger partial charge >= 0.3 is 13.1 Å². The highest BCUT2D eigenvalue weighted by Crippen LogP contribution is 2.44. The summed E-state index contributed by atoms with van der Waals surface area (Å²) in [6.45, 7) is 12.3. The lowest BCUT2D eigenvalue weighted by Gasteiger charge is -2.32. The van der Waals surface area contributed by atoms with Gasteiger partial charge in [-0.1, -0.05) is 0 Å². The van der Waals surface area contributed by atoms with Crippen LogP contribution < -0.4 is 0 Å². The zero-order chi connectivity index (χ0) is 17.4. The summed E-state index contributed by atoms with van der Waals surface area (Å²) in [5.41, 5.74) is 0.303. The number of halogens is 1. The summed E-state index contributed by atoms with van der Waals surface area (Å²) in [6.07, 6.45) is 0.247. The minimum Gasteiger partial charge on any atom is -0.466 e. The van der Waals surface area contributed by atoms with Gasteiger partial charge in [-0.25, -0.2) is 0 Å². The van der Waals surface area contributed by atoms with E-state index in [1.807, 2.05) is 41.5 Å². The number of hydrogen-bond acceptors (Lipinski definition) is 5. The molecule has 0 aliphatic carbocycles. The minimum absolute atomic E-state index is 0.176. The lowest BCUT2D eigenvalue weighted by Crippen LogP contribution is -2.41. The maximum Gasteiger partial charge on any atom is 0.467 e. The molecule has 2 rings (SSSR count). The van der Waals surface area contributed by atoms with Crippen molar-refractivity contribution in [1.29, 1.82) is 0 Å². The maximum absolute atomic E-state index is 12.1. The molecule has 0 N–H and O–H groups in total. The highest BCUT2D eigenvalue weighted by atomic mass is 79.9. The average molecular weight is 403 g/mol. The van der Waals surface area contributed by atoms with Crippen molar-refractivity contribution in [3.05, 3.63) is 20.3 Å². The van der Waals surface area contributed by atoms with Gasteiger partial charge in [-0.2, -0.15) is 0 Å². The van der Waals surface area contributed by atoms with Gasteiger partial charge in [0.05, 0.1) is 28.0 Å². The summed E-state index contributed by atoms with van der Waals surface area (Å²) in [7, 11) is -0.464. The van der Waals surface area contributed by atoms with Crippen molar-refractivity contribution in [2.24, 2.45) is 0 Å². The molecule has 1 aliphatic rings. The fourth-order valence-corrected chi connectivity index (χ4v) is 4.13. The summed E-state index contributed by atoms with van der Waals surface area (Å²) < 4.78 is 18.5. The van der Waals surface area contributed by atoms with Crippen LogP contribution in [0.5, 0.6) is 0 Å². The van der Waals surface area contributed by atoms with Gasteiger partial charge in [0.2, 0.25) is 0 Å². The summed E-state index contributed by atoms with van der Waals surface area (Å²) in [4.78, 5) is 13.1. The van der Waals surface area contributed by atoms with Crippen LogP contribution in [0.15, 0.2) is 9.85 Å². The molecule has 23 heavy (non-hydrogen) atoms. The van der Waals surface area contributed by atoms with Gasteiger partial charge in [-0.15, -0.1) is 11.3 Å². The quantitative estimate of drug-likeness (QED) is 0.537. The number of ether oxygens (including phenoxy) is 1. The van der Waals surface area contributed by atoms with Gasteiger partial charge in [0.25, 0.3) is 0 Å². The lowest BCUT2D eigenvalue weighted by molar-refractivity contribution is -0.143. The SMILES string of the molecule is CCOC(=O)CC(B1OC(C)(C)C(C)(C)O1)c1cc(C)c(Br)s1. The summed E-state index contributed by atoms with van der Waals surface area (Å²) >= 11 is 5.17. The Bertz CT molecular complexity index is 549. The fraction of sp³-hybridized carbons (Fsp3) is 0.688. The van der Waals surface area contributed by atoms with E-state index in [0.717, 1.165) is 14.2 Å². The molecule has 0 amide bonds. The molecule has 1 aliphatic heterocycles. The Hall–Kier alpha value is -0.365. The summed E-state index contributed by atoms with van der Waals surface area (Å²) in [6, 6.07) is 2.09. The number of rotatable bonds is 5. The predicted octanol–water partition coefficient (Wildman–Crippen LogP) is 4.49. The first-order valence-corrected chi connectivity index (χ1v) is 9.45. The first-order valence-electron chi connectivity index (χ1n) is 7.84. The predicted molar refractivity (Wildman–Crippen MR) is 96.8 cm³/mol. The minimum atomic E-state index is -0.464. The topological polar surface area (TPSA) is 44.8 Å². The van der Waals surface area contributed by atoms with Gasteiger partial charge in [0.1, 0.15) is 0 Å². The Morgan fingerprint density at radius 2 is 1.91 bits per heavy atom. The third-order valence-corrected chi connectivity index (χ3v) is 6.80. The number of hydrogen-bond donors (Lipinski definition) is 0. The van der Waals surface area contributed by atoms with E-state index in [-0.39, 0.29) is 18.2 Å². The van der Waals surface area contributed by atoms with Crippen molar-refractivity contribution < 1.29 is 18.8 Å². The third kappa shape index (κ3) is 4.01. The standard InChI is InChI=1S/C16H24BBrO4S/c1-7-20-13(19)9-11(12-8-10(2)14(18)23-12)17-21-15(3,4)16(5,6)22-17/h8,11H,7,9H2,1-6H3. The van der Waals surface area contributed by atoms with E-state index >= 15 is 0 Å². The van der Waals surface area contributed by atoms with Crippen LogP contribution >= 0.6 is 27.3 Å². The third-order valence-electron chi connectivity index (χ3n) is 4.53. The largest absolute Gasteiger partial charge is 0.467 e. The second-order valence-corrected chi connectivity index (χ2v) is 9.25. The van der Waals surface area contributed by atoms with Gasteiger partial charge in [0.15, 0.2) is 0 Å². The number of esters is 1. The fourth-order valence-electron chi connectivity index (χ4n) is 2.45. The smallest absolute Gasteiger partial charge is 0.466 e. The van der Waals surface area contributed by atoms with Gasteiger partial charge in [0, 0.05) is 10.7 Å². The van der Waals surface area contributed by atoms with Crippen molar-refractivity contribution in [1.82, 2.24) is 0 Å². The Balaban J connectivity index is 2.29. The monoisotopic (exact) mass is 402 g/mol. The summed E-state index contributed by atoms with van der Waals surface area (Å²) in [5, 5.41) is 0.